The molecule has 0 aliphatic carbocycles. The summed E-state index contributed by atoms with van der Waals surface area (Å²) < 4.78 is 7.45. The lowest BCUT2D eigenvalue weighted by Gasteiger charge is -2.00. The molecule has 0 fully saturated rings. The number of imidazole rings is 1. The summed E-state index contributed by atoms with van der Waals surface area (Å²) in [5.74, 6) is 1.72. The van der Waals surface area contributed by atoms with Crippen molar-refractivity contribution in [3.8, 4) is 11.6 Å². The molecule has 0 saturated carbocycles. The molecule has 0 amide bonds. The Hall–Kier alpha value is -1.55. The minimum Gasteiger partial charge on any atom is -0.461 e. The minimum absolute atomic E-state index is 0.821. The van der Waals surface area contributed by atoms with Gasteiger partial charge in [-0.2, -0.15) is 0 Å². The van der Waals surface area contributed by atoms with Crippen molar-refractivity contribution in [2.24, 2.45) is 7.05 Å². The zero-order valence-electron chi connectivity index (χ0n) is 9.95. The smallest absolute Gasteiger partial charge is 0.176 e. The van der Waals surface area contributed by atoms with E-state index in [1.165, 1.54) is 5.69 Å². The second kappa shape index (κ2) is 4.53. The zero-order chi connectivity index (χ0) is 11.5. The highest BCUT2D eigenvalue weighted by Crippen LogP contribution is 2.21. The monoisotopic (exact) mass is 219 g/mol. The number of nitrogens with one attached hydrogen (secondary N) is 1. The number of aromatic nitrogens is 2. The van der Waals surface area contributed by atoms with Gasteiger partial charge in [-0.25, -0.2) is 4.98 Å². The molecule has 0 spiro atoms. The molecule has 0 aliphatic rings. The molecular formula is C12H17N3O. The van der Waals surface area contributed by atoms with Gasteiger partial charge < -0.3 is 14.3 Å². The van der Waals surface area contributed by atoms with Crippen LogP contribution in [0.25, 0.3) is 11.6 Å². The molecule has 1 N–H and O–H groups in total. The van der Waals surface area contributed by atoms with E-state index in [1.807, 2.05) is 26.2 Å². The molecule has 2 aromatic rings. The first-order valence-corrected chi connectivity index (χ1v) is 5.44. The second-order valence-corrected chi connectivity index (χ2v) is 3.86. The van der Waals surface area contributed by atoms with E-state index in [4.69, 9.17) is 4.42 Å². The van der Waals surface area contributed by atoms with Crippen LogP contribution in [0.15, 0.2) is 22.8 Å². The summed E-state index contributed by atoms with van der Waals surface area (Å²) in [6, 6.07) is 3.82. The molecular weight excluding hydrogens is 202 g/mol. The van der Waals surface area contributed by atoms with Crippen LogP contribution in [0.2, 0.25) is 0 Å². The average Bonchev–Trinajstić information content (AvgIpc) is 2.88. The van der Waals surface area contributed by atoms with Crippen LogP contribution >= 0.6 is 0 Å². The number of furan rings is 1. The zero-order valence-corrected chi connectivity index (χ0v) is 9.95. The number of hydrogen-bond acceptors (Lipinski definition) is 3. The number of hydrogen-bond donors (Lipinski definition) is 1. The summed E-state index contributed by atoms with van der Waals surface area (Å²) in [7, 11) is 3.97. The third kappa shape index (κ3) is 1.88. The summed E-state index contributed by atoms with van der Waals surface area (Å²) in [5.41, 5.74) is 2.32. The van der Waals surface area contributed by atoms with Crippen molar-refractivity contribution in [1.82, 2.24) is 14.9 Å². The van der Waals surface area contributed by atoms with Crippen LogP contribution in [0.5, 0.6) is 0 Å². The maximum atomic E-state index is 5.37. The first-order valence-electron chi connectivity index (χ1n) is 5.44. The molecule has 0 saturated heterocycles. The number of rotatable bonds is 4. The lowest BCUT2D eigenvalue weighted by Crippen LogP contribution is -2.11. The van der Waals surface area contributed by atoms with Crippen LogP contribution in [0.4, 0.5) is 0 Å². The van der Waals surface area contributed by atoms with Gasteiger partial charge in [0.05, 0.1) is 12.0 Å². The lowest BCUT2D eigenvalue weighted by atomic mass is 10.2. The second-order valence-electron chi connectivity index (χ2n) is 3.86. The van der Waals surface area contributed by atoms with Crippen molar-refractivity contribution in [2.75, 3.05) is 13.6 Å². The van der Waals surface area contributed by atoms with Crippen LogP contribution in [0, 0.1) is 6.92 Å². The van der Waals surface area contributed by atoms with Crippen molar-refractivity contribution in [3.05, 3.63) is 29.8 Å². The van der Waals surface area contributed by atoms with E-state index >= 15 is 0 Å². The van der Waals surface area contributed by atoms with Gasteiger partial charge in [0.1, 0.15) is 0 Å². The summed E-state index contributed by atoms with van der Waals surface area (Å²) in [5, 5.41) is 3.13. The topological polar surface area (TPSA) is 43.0 Å². The van der Waals surface area contributed by atoms with Crippen LogP contribution < -0.4 is 5.32 Å². The molecule has 0 aromatic carbocycles. The van der Waals surface area contributed by atoms with Gasteiger partial charge in [0.2, 0.25) is 0 Å². The number of likely N-dealkylation sites (N-methyl/N-ethyl adjacent to an activating group) is 1. The van der Waals surface area contributed by atoms with Crippen molar-refractivity contribution < 1.29 is 4.42 Å². The molecule has 0 atom stereocenters. The van der Waals surface area contributed by atoms with Crippen LogP contribution in [0.3, 0.4) is 0 Å². The van der Waals surface area contributed by atoms with Gasteiger partial charge in [0, 0.05) is 25.7 Å². The fourth-order valence-electron chi connectivity index (χ4n) is 1.74. The standard InChI is InChI=1S/C12H17N3O/c1-9-10(6-7-13-2)14-12(15(9)3)11-5-4-8-16-11/h4-5,8,13H,6-7H2,1-3H3. The van der Waals surface area contributed by atoms with Crippen molar-refractivity contribution in [2.45, 2.75) is 13.3 Å². The molecule has 2 aromatic heterocycles. The molecule has 0 radical (unpaired) electrons. The first-order chi connectivity index (χ1) is 7.74. The van der Waals surface area contributed by atoms with Gasteiger partial charge in [-0.05, 0) is 26.1 Å². The minimum atomic E-state index is 0.821. The normalized spacial score (nSPS) is 10.9. The van der Waals surface area contributed by atoms with Crippen molar-refractivity contribution >= 4 is 0 Å². The molecule has 16 heavy (non-hydrogen) atoms. The van der Waals surface area contributed by atoms with E-state index in [2.05, 4.69) is 21.8 Å². The summed E-state index contributed by atoms with van der Waals surface area (Å²) >= 11 is 0. The predicted molar refractivity (Wildman–Crippen MR) is 63.3 cm³/mol. The van der Waals surface area contributed by atoms with Crippen LogP contribution in [-0.2, 0) is 13.5 Å². The van der Waals surface area contributed by atoms with Gasteiger partial charge in [-0.15, -0.1) is 0 Å². The predicted octanol–water partition coefficient (Wildman–Crippen LogP) is 1.75. The van der Waals surface area contributed by atoms with Crippen LogP contribution in [0.1, 0.15) is 11.4 Å². The average molecular weight is 219 g/mol. The Balaban J connectivity index is 2.34. The highest BCUT2D eigenvalue weighted by molar-refractivity contribution is 5.49. The molecule has 4 nitrogen and oxygen atoms in total. The van der Waals surface area contributed by atoms with Gasteiger partial charge in [-0.1, -0.05) is 0 Å². The van der Waals surface area contributed by atoms with Gasteiger partial charge in [-0.3, -0.25) is 0 Å². The van der Waals surface area contributed by atoms with Gasteiger partial charge in [0.15, 0.2) is 11.6 Å². The molecule has 4 heteroatoms. The van der Waals surface area contributed by atoms with Crippen LogP contribution in [-0.4, -0.2) is 23.1 Å². The molecule has 0 aliphatic heterocycles. The summed E-state index contributed by atoms with van der Waals surface area (Å²) in [6.45, 7) is 3.03. The fraction of sp³-hybridized carbons (Fsp3) is 0.417. The molecule has 2 heterocycles. The van der Waals surface area contributed by atoms with E-state index in [1.54, 1.807) is 6.26 Å². The quantitative estimate of drug-likeness (QED) is 0.852. The van der Waals surface area contributed by atoms with E-state index < -0.39 is 0 Å². The Morgan fingerprint density at radius 2 is 2.31 bits per heavy atom. The maximum absolute atomic E-state index is 5.37. The summed E-state index contributed by atoms with van der Waals surface area (Å²) in [6.07, 6.45) is 2.61. The summed E-state index contributed by atoms with van der Waals surface area (Å²) in [4.78, 5) is 4.62. The SMILES string of the molecule is CNCCc1nc(-c2ccco2)n(C)c1C. The Bertz CT molecular complexity index is 457. The third-order valence-corrected chi connectivity index (χ3v) is 2.83. The maximum Gasteiger partial charge on any atom is 0.176 e. The van der Waals surface area contributed by atoms with Gasteiger partial charge in [0.25, 0.3) is 0 Å². The van der Waals surface area contributed by atoms with Gasteiger partial charge >= 0.3 is 0 Å². The largest absolute Gasteiger partial charge is 0.461 e. The highest BCUT2D eigenvalue weighted by Gasteiger charge is 2.13. The van der Waals surface area contributed by atoms with Crippen molar-refractivity contribution in [1.29, 1.82) is 0 Å². The molecule has 0 unspecified atom stereocenters. The van der Waals surface area contributed by atoms with Crippen molar-refractivity contribution in [3.63, 3.8) is 0 Å². The molecule has 86 valence electrons. The highest BCUT2D eigenvalue weighted by atomic mass is 16.3. The van der Waals surface area contributed by atoms with E-state index in [-0.39, 0.29) is 0 Å². The number of nitrogens with zero attached hydrogens (tertiary/aromatic N) is 2. The Morgan fingerprint density at radius 3 is 2.94 bits per heavy atom. The molecule has 2 rings (SSSR count). The van der Waals surface area contributed by atoms with E-state index in [9.17, 15) is 0 Å². The van der Waals surface area contributed by atoms with E-state index in [0.717, 1.165) is 30.2 Å². The Kier molecular flexibility index (Phi) is 3.10. The Morgan fingerprint density at radius 1 is 1.50 bits per heavy atom. The lowest BCUT2D eigenvalue weighted by molar-refractivity contribution is 0.573. The third-order valence-electron chi connectivity index (χ3n) is 2.83. The Labute approximate surface area is 95.3 Å². The fourth-order valence-corrected chi connectivity index (χ4v) is 1.74. The first kappa shape index (κ1) is 11.0. The molecule has 0 bridgehead atoms. The van der Waals surface area contributed by atoms with E-state index in [0.29, 0.717) is 0 Å².